The zero-order valence-corrected chi connectivity index (χ0v) is 13.3. The van der Waals surface area contributed by atoms with Crippen LogP contribution in [0.3, 0.4) is 0 Å². The lowest BCUT2D eigenvalue weighted by atomic mass is 9.74. The second-order valence-electron chi connectivity index (χ2n) is 7.41. The van der Waals surface area contributed by atoms with Crippen molar-refractivity contribution in [3.63, 3.8) is 0 Å². The number of carbonyl (C=O) groups excluding carboxylic acids is 1. The number of nitrogens with two attached hydrogens (primary N) is 1. The van der Waals surface area contributed by atoms with Gasteiger partial charge in [-0.3, -0.25) is 4.79 Å². The zero-order chi connectivity index (χ0) is 14.8. The summed E-state index contributed by atoms with van der Waals surface area (Å²) >= 11 is 0. The van der Waals surface area contributed by atoms with Gasteiger partial charge in [0.15, 0.2) is 0 Å². The molecule has 2 aliphatic rings. The Hall–Kier alpha value is -0.610. The zero-order valence-electron chi connectivity index (χ0n) is 13.3. The molecular formula is C16H30N2O2. The molecular weight excluding hydrogens is 252 g/mol. The lowest BCUT2D eigenvalue weighted by molar-refractivity contribution is -0.149. The smallest absolute Gasteiger partial charge is 0.230 e. The molecule has 0 spiro atoms. The number of ether oxygens (including phenoxy) is 1. The van der Waals surface area contributed by atoms with E-state index in [1.165, 1.54) is 12.8 Å². The molecule has 4 nitrogen and oxygen atoms in total. The molecule has 0 aromatic carbocycles. The Balaban J connectivity index is 2.00. The van der Waals surface area contributed by atoms with E-state index in [4.69, 9.17) is 10.5 Å². The van der Waals surface area contributed by atoms with Crippen LogP contribution in [-0.2, 0) is 9.53 Å². The lowest BCUT2D eigenvalue weighted by Gasteiger charge is -2.43. The lowest BCUT2D eigenvalue weighted by Crippen LogP contribution is -2.53. The molecule has 0 atom stereocenters. The van der Waals surface area contributed by atoms with Gasteiger partial charge in [0.1, 0.15) is 0 Å². The molecule has 1 amide bonds. The number of amides is 1. The summed E-state index contributed by atoms with van der Waals surface area (Å²) in [5.74, 6) is 0.244. The molecule has 1 saturated heterocycles. The summed E-state index contributed by atoms with van der Waals surface area (Å²) in [6, 6.07) is 0.391. The molecule has 0 radical (unpaired) electrons. The summed E-state index contributed by atoms with van der Waals surface area (Å²) in [4.78, 5) is 14.9. The largest absolute Gasteiger partial charge is 0.381 e. The van der Waals surface area contributed by atoms with E-state index in [1.54, 1.807) is 0 Å². The highest BCUT2D eigenvalue weighted by atomic mass is 16.5. The van der Waals surface area contributed by atoms with Crippen LogP contribution < -0.4 is 5.73 Å². The summed E-state index contributed by atoms with van der Waals surface area (Å²) in [7, 11) is 1.97. The third-order valence-electron chi connectivity index (χ3n) is 5.47. The van der Waals surface area contributed by atoms with E-state index in [0.29, 0.717) is 31.2 Å². The van der Waals surface area contributed by atoms with E-state index >= 15 is 0 Å². The Morgan fingerprint density at radius 3 is 2.25 bits per heavy atom. The van der Waals surface area contributed by atoms with E-state index in [-0.39, 0.29) is 11.3 Å². The Morgan fingerprint density at radius 2 is 1.75 bits per heavy atom. The first-order valence-electron chi connectivity index (χ1n) is 7.95. The normalized spacial score (nSPS) is 26.2. The molecule has 0 unspecified atom stereocenters. The fourth-order valence-electron chi connectivity index (χ4n) is 3.58. The van der Waals surface area contributed by atoms with Crippen LogP contribution in [0, 0.1) is 10.8 Å². The summed E-state index contributed by atoms with van der Waals surface area (Å²) in [6.45, 7) is 6.41. The first-order chi connectivity index (χ1) is 9.40. The standard InChI is InChI=1S/C16H30N2O2/c1-15(2)6-4-13(5-7-15)18(3)14(19)16(12-17)8-10-20-11-9-16/h13H,4-12,17H2,1-3H3. The Kier molecular flexibility index (Phi) is 4.75. The average molecular weight is 282 g/mol. The third kappa shape index (κ3) is 3.17. The minimum Gasteiger partial charge on any atom is -0.381 e. The second-order valence-corrected chi connectivity index (χ2v) is 7.41. The Morgan fingerprint density at radius 1 is 1.20 bits per heavy atom. The maximum Gasteiger partial charge on any atom is 0.230 e. The number of nitrogens with zero attached hydrogens (tertiary/aromatic N) is 1. The van der Waals surface area contributed by atoms with Gasteiger partial charge >= 0.3 is 0 Å². The van der Waals surface area contributed by atoms with Crippen LogP contribution >= 0.6 is 0 Å². The molecule has 4 heteroatoms. The van der Waals surface area contributed by atoms with E-state index in [9.17, 15) is 4.79 Å². The van der Waals surface area contributed by atoms with Gasteiger partial charge in [-0.05, 0) is 43.9 Å². The van der Waals surface area contributed by atoms with Crippen molar-refractivity contribution in [2.24, 2.45) is 16.6 Å². The SMILES string of the molecule is CN(C(=O)C1(CN)CCOCC1)C1CCC(C)(C)CC1. The topological polar surface area (TPSA) is 55.6 Å². The van der Waals surface area contributed by atoms with Gasteiger partial charge in [-0.1, -0.05) is 13.8 Å². The molecule has 1 aliphatic carbocycles. The molecule has 1 saturated carbocycles. The van der Waals surface area contributed by atoms with Gasteiger partial charge in [0, 0.05) is 32.8 Å². The highest BCUT2D eigenvalue weighted by molar-refractivity contribution is 5.83. The van der Waals surface area contributed by atoms with Crippen molar-refractivity contribution in [3.05, 3.63) is 0 Å². The first-order valence-corrected chi connectivity index (χ1v) is 7.95. The van der Waals surface area contributed by atoms with Crippen molar-refractivity contribution in [1.82, 2.24) is 4.90 Å². The maximum atomic E-state index is 12.9. The quantitative estimate of drug-likeness (QED) is 0.863. The van der Waals surface area contributed by atoms with E-state index < -0.39 is 0 Å². The predicted octanol–water partition coefficient (Wildman–Crippen LogP) is 2.17. The maximum absolute atomic E-state index is 12.9. The monoisotopic (exact) mass is 282 g/mol. The molecule has 1 heterocycles. The van der Waals surface area contributed by atoms with E-state index in [1.807, 2.05) is 11.9 Å². The van der Waals surface area contributed by atoms with Crippen molar-refractivity contribution in [1.29, 1.82) is 0 Å². The predicted molar refractivity (Wildman–Crippen MR) is 80.3 cm³/mol. The number of carbonyl (C=O) groups is 1. The van der Waals surface area contributed by atoms with Crippen molar-refractivity contribution in [3.8, 4) is 0 Å². The van der Waals surface area contributed by atoms with Crippen LogP contribution in [0.1, 0.15) is 52.4 Å². The molecule has 2 fully saturated rings. The third-order valence-corrected chi connectivity index (χ3v) is 5.47. The van der Waals surface area contributed by atoms with Gasteiger partial charge in [-0.2, -0.15) is 0 Å². The molecule has 2 rings (SSSR count). The van der Waals surface area contributed by atoms with Crippen molar-refractivity contribution >= 4 is 5.91 Å². The van der Waals surface area contributed by atoms with Gasteiger partial charge < -0.3 is 15.4 Å². The number of hydrogen-bond acceptors (Lipinski definition) is 3. The fourth-order valence-corrected chi connectivity index (χ4v) is 3.58. The molecule has 1 aliphatic heterocycles. The number of hydrogen-bond donors (Lipinski definition) is 1. The molecule has 2 N–H and O–H groups in total. The minimum absolute atomic E-state index is 0.244. The summed E-state index contributed by atoms with van der Waals surface area (Å²) in [6.07, 6.45) is 6.18. The molecule has 0 aromatic rings. The molecule has 0 bridgehead atoms. The highest BCUT2D eigenvalue weighted by Crippen LogP contribution is 2.38. The summed E-state index contributed by atoms with van der Waals surface area (Å²) in [5, 5.41) is 0. The van der Waals surface area contributed by atoms with Gasteiger partial charge in [0.25, 0.3) is 0 Å². The first kappa shape index (κ1) is 15.8. The van der Waals surface area contributed by atoms with E-state index in [0.717, 1.165) is 25.7 Å². The van der Waals surface area contributed by atoms with Gasteiger partial charge in [0.2, 0.25) is 5.91 Å². The second kappa shape index (κ2) is 6.02. The minimum atomic E-state index is -0.375. The van der Waals surface area contributed by atoms with Crippen LogP contribution in [0.15, 0.2) is 0 Å². The molecule has 20 heavy (non-hydrogen) atoms. The Labute approximate surface area is 123 Å². The van der Waals surface area contributed by atoms with Crippen molar-refractivity contribution in [2.75, 3.05) is 26.8 Å². The Bertz CT molecular complexity index is 338. The molecule has 0 aromatic heterocycles. The van der Waals surface area contributed by atoms with Crippen molar-refractivity contribution < 1.29 is 9.53 Å². The van der Waals surface area contributed by atoms with Crippen LogP contribution in [0.2, 0.25) is 0 Å². The fraction of sp³-hybridized carbons (Fsp3) is 0.938. The van der Waals surface area contributed by atoms with Crippen LogP contribution in [0.25, 0.3) is 0 Å². The number of rotatable bonds is 3. The highest BCUT2D eigenvalue weighted by Gasteiger charge is 2.42. The van der Waals surface area contributed by atoms with Crippen LogP contribution in [0.4, 0.5) is 0 Å². The van der Waals surface area contributed by atoms with Gasteiger partial charge in [0.05, 0.1) is 5.41 Å². The average Bonchev–Trinajstić information content (AvgIpc) is 2.46. The summed E-state index contributed by atoms with van der Waals surface area (Å²) in [5.41, 5.74) is 6.01. The molecule has 116 valence electrons. The van der Waals surface area contributed by atoms with Gasteiger partial charge in [-0.15, -0.1) is 0 Å². The summed E-state index contributed by atoms with van der Waals surface area (Å²) < 4.78 is 5.40. The van der Waals surface area contributed by atoms with Crippen molar-refractivity contribution in [2.45, 2.75) is 58.4 Å². The van der Waals surface area contributed by atoms with Gasteiger partial charge in [-0.25, -0.2) is 0 Å². The van der Waals surface area contributed by atoms with E-state index in [2.05, 4.69) is 13.8 Å². The van der Waals surface area contributed by atoms with Crippen LogP contribution in [-0.4, -0.2) is 43.7 Å². The van der Waals surface area contributed by atoms with Crippen LogP contribution in [0.5, 0.6) is 0 Å².